The molecule has 0 aliphatic rings. The van der Waals surface area contributed by atoms with Crippen LogP contribution in [0, 0.1) is 6.92 Å². The van der Waals surface area contributed by atoms with Crippen molar-refractivity contribution in [3.63, 3.8) is 0 Å². The minimum atomic E-state index is -0.858. The summed E-state index contributed by atoms with van der Waals surface area (Å²) in [6, 6.07) is 1.81. The fourth-order valence-corrected chi connectivity index (χ4v) is 2.18. The molecule has 7 nitrogen and oxygen atoms in total. The van der Waals surface area contributed by atoms with Gasteiger partial charge in [-0.25, -0.2) is 9.50 Å². The van der Waals surface area contributed by atoms with Gasteiger partial charge in [-0.2, -0.15) is 5.10 Å². The van der Waals surface area contributed by atoms with Gasteiger partial charge in [0.05, 0.1) is 11.9 Å². The van der Waals surface area contributed by atoms with E-state index in [1.165, 1.54) is 18.0 Å². The lowest BCUT2D eigenvalue weighted by atomic mass is 10.3. The average Bonchev–Trinajstić information content (AvgIpc) is 2.80. The summed E-state index contributed by atoms with van der Waals surface area (Å²) in [6.45, 7) is 2.25. The molecule has 0 aromatic carbocycles. The number of thioether (sulfide) groups is 1. The Morgan fingerprint density at radius 3 is 3.05 bits per heavy atom. The van der Waals surface area contributed by atoms with E-state index in [1.54, 1.807) is 10.7 Å². The molecule has 2 N–H and O–H groups in total. The third-order valence-electron chi connectivity index (χ3n) is 2.51. The molecule has 8 heteroatoms. The lowest BCUT2D eigenvalue weighted by Gasteiger charge is -2.03. The highest BCUT2D eigenvalue weighted by atomic mass is 32.2. The standard InChI is InChI=1S/C12H14N4O3S/c1-8-2-4-16-11(15-8)9(6-14-16)12(19)13-3-5-20-7-10(17)18/h2,4,6H,3,5,7H2,1H3,(H,13,19)(H,17,18). The van der Waals surface area contributed by atoms with Crippen molar-refractivity contribution in [2.45, 2.75) is 6.92 Å². The summed E-state index contributed by atoms with van der Waals surface area (Å²) in [5.74, 6) is -0.533. The Morgan fingerprint density at radius 2 is 2.30 bits per heavy atom. The van der Waals surface area contributed by atoms with Crippen molar-refractivity contribution in [3.8, 4) is 0 Å². The molecule has 0 spiro atoms. The lowest BCUT2D eigenvalue weighted by molar-refractivity contribution is -0.133. The van der Waals surface area contributed by atoms with Crippen molar-refractivity contribution in [1.29, 1.82) is 0 Å². The summed E-state index contributed by atoms with van der Waals surface area (Å²) in [5, 5.41) is 15.3. The molecule has 106 valence electrons. The number of aliphatic carboxylic acids is 1. The van der Waals surface area contributed by atoms with Crippen LogP contribution >= 0.6 is 11.8 Å². The number of aromatic nitrogens is 3. The molecular weight excluding hydrogens is 280 g/mol. The maximum atomic E-state index is 12.0. The van der Waals surface area contributed by atoms with E-state index < -0.39 is 5.97 Å². The molecule has 0 saturated carbocycles. The number of hydrogen-bond acceptors (Lipinski definition) is 5. The molecule has 0 fully saturated rings. The molecule has 0 bridgehead atoms. The Morgan fingerprint density at radius 1 is 1.50 bits per heavy atom. The number of nitrogens with zero attached hydrogens (tertiary/aromatic N) is 3. The molecule has 0 unspecified atom stereocenters. The van der Waals surface area contributed by atoms with Crippen molar-refractivity contribution in [3.05, 3.63) is 29.7 Å². The third kappa shape index (κ3) is 3.47. The Hall–Kier alpha value is -2.09. The molecule has 0 aliphatic carbocycles. The molecule has 20 heavy (non-hydrogen) atoms. The average molecular weight is 294 g/mol. The summed E-state index contributed by atoms with van der Waals surface area (Å²) in [7, 11) is 0. The highest BCUT2D eigenvalue weighted by Crippen LogP contribution is 2.08. The smallest absolute Gasteiger partial charge is 0.313 e. The van der Waals surface area contributed by atoms with E-state index in [0.717, 1.165) is 5.69 Å². The topological polar surface area (TPSA) is 96.6 Å². The van der Waals surface area contributed by atoms with Crippen molar-refractivity contribution in [1.82, 2.24) is 19.9 Å². The number of carbonyl (C=O) groups excluding carboxylic acids is 1. The van der Waals surface area contributed by atoms with Gasteiger partial charge in [-0.3, -0.25) is 9.59 Å². The van der Waals surface area contributed by atoms with Crippen LogP contribution in [0.3, 0.4) is 0 Å². The van der Waals surface area contributed by atoms with Crippen LogP contribution in [0.15, 0.2) is 18.5 Å². The second-order valence-electron chi connectivity index (χ2n) is 4.10. The van der Waals surface area contributed by atoms with Gasteiger partial charge in [0, 0.05) is 24.2 Å². The number of amides is 1. The Bertz CT molecular complexity index is 641. The highest BCUT2D eigenvalue weighted by molar-refractivity contribution is 7.99. The maximum Gasteiger partial charge on any atom is 0.313 e. The van der Waals surface area contributed by atoms with Crippen LogP contribution in [-0.4, -0.2) is 49.6 Å². The van der Waals surface area contributed by atoms with E-state index in [9.17, 15) is 9.59 Å². The fourth-order valence-electron chi connectivity index (χ4n) is 1.61. The van der Waals surface area contributed by atoms with Crippen LogP contribution < -0.4 is 5.32 Å². The first-order valence-corrected chi connectivity index (χ1v) is 7.12. The summed E-state index contributed by atoms with van der Waals surface area (Å²) < 4.78 is 1.54. The zero-order valence-electron chi connectivity index (χ0n) is 10.9. The van der Waals surface area contributed by atoms with Crippen LogP contribution in [0.1, 0.15) is 16.1 Å². The quantitative estimate of drug-likeness (QED) is 0.757. The summed E-state index contributed by atoms with van der Waals surface area (Å²) >= 11 is 1.26. The van der Waals surface area contributed by atoms with Gasteiger partial charge in [0.15, 0.2) is 5.65 Å². The largest absolute Gasteiger partial charge is 0.481 e. The van der Waals surface area contributed by atoms with Crippen LogP contribution in [0.5, 0.6) is 0 Å². The van der Waals surface area contributed by atoms with Gasteiger partial charge in [-0.05, 0) is 13.0 Å². The van der Waals surface area contributed by atoms with E-state index >= 15 is 0 Å². The van der Waals surface area contributed by atoms with Gasteiger partial charge in [0.2, 0.25) is 0 Å². The van der Waals surface area contributed by atoms with Crippen molar-refractivity contribution in [2.24, 2.45) is 0 Å². The van der Waals surface area contributed by atoms with Crippen molar-refractivity contribution < 1.29 is 14.7 Å². The van der Waals surface area contributed by atoms with Crippen LogP contribution in [-0.2, 0) is 4.79 Å². The third-order valence-corrected chi connectivity index (χ3v) is 3.45. The number of rotatable bonds is 6. The molecule has 1 amide bonds. The summed E-state index contributed by atoms with van der Waals surface area (Å²) in [4.78, 5) is 26.6. The van der Waals surface area contributed by atoms with Crippen molar-refractivity contribution >= 4 is 29.3 Å². The molecule has 2 aromatic rings. The number of carboxylic acids is 1. The van der Waals surface area contributed by atoms with E-state index in [-0.39, 0.29) is 11.7 Å². The molecule has 2 heterocycles. The second-order valence-corrected chi connectivity index (χ2v) is 5.20. The van der Waals surface area contributed by atoms with E-state index in [4.69, 9.17) is 5.11 Å². The second kappa shape index (κ2) is 6.38. The van der Waals surface area contributed by atoms with Gasteiger partial charge in [-0.1, -0.05) is 0 Å². The molecule has 2 rings (SSSR count). The zero-order valence-corrected chi connectivity index (χ0v) is 11.7. The number of fused-ring (bicyclic) bond motifs is 1. The van der Waals surface area contributed by atoms with Crippen LogP contribution in [0.2, 0.25) is 0 Å². The minimum absolute atomic E-state index is 0.0351. The van der Waals surface area contributed by atoms with Gasteiger partial charge in [-0.15, -0.1) is 11.8 Å². The van der Waals surface area contributed by atoms with Gasteiger partial charge < -0.3 is 10.4 Å². The lowest BCUT2D eigenvalue weighted by Crippen LogP contribution is -2.26. The summed E-state index contributed by atoms with van der Waals surface area (Å²) in [5.41, 5.74) is 1.74. The molecule has 0 aliphatic heterocycles. The van der Waals surface area contributed by atoms with Gasteiger partial charge in [0.25, 0.3) is 5.91 Å². The Kier molecular flexibility index (Phi) is 4.57. The normalized spacial score (nSPS) is 10.7. The van der Waals surface area contributed by atoms with Crippen LogP contribution in [0.25, 0.3) is 5.65 Å². The number of hydrogen-bond donors (Lipinski definition) is 2. The minimum Gasteiger partial charge on any atom is -0.481 e. The number of carbonyl (C=O) groups is 2. The molecule has 0 radical (unpaired) electrons. The highest BCUT2D eigenvalue weighted by Gasteiger charge is 2.13. The first-order chi connectivity index (χ1) is 9.58. The molecule has 0 saturated heterocycles. The monoisotopic (exact) mass is 294 g/mol. The van der Waals surface area contributed by atoms with Gasteiger partial charge >= 0.3 is 5.97 Å². The van der Waals surface area contributed by atoms with E-state index in [1.807, 2.05) is 13.0 Å². The first kappa shape index (κ1) is 14.3. The maximum absolute atomic E-state index is 12.0. The Balaban J connectivity index is 1.94. The number of nitrogens with one attached hydrogen (secondary N) is 1. The van der Waals surface area contributed by atoms with Crippen molar-refractivity contribution in [2.75, 3.05) is 18.1 Å². The zero-order chi connectivity index (χ0) is 14.5. The van der Waals surface area contributed by atoms with Crippen LogP contribution in [0.4, 0.5) is 0 Å². The first-order valence-electron chi connectivity index (χ1n) is 5.96. The van der Waals surface area contributed by atoms with E-state index in [0.29, 0.717) is 23.5 Å². The molecule has 0 atom stereocenters. The SMILES string of the molecule is Cc1ccn2ncc(C(=O)NCCSCC(=O)O)c2n1. The fraction of sp³-hybridized carbons (Fsp3) is 0.333. The predicted octanol–water partition coefficient (Wildman–Crippen LogP) is 0.585. The predicted molar refractivity (Wildman–Crippen MR) is 75.0 cm³/mol. The van der Waals surface area contributed by atoms with Gasteiger partial charge in [0.1, 0.15) is 5.56 Å². The van der Waals surface area contributed by atoms with E-state index in [2.05, 4.69) is 15.4 Å². The molecule has 2 aromatic heterocycles. The Labute approximate surface area is 119 Å². The molecular formula is C12H14N4O3S. The summed E-state index contributed by atoms with van der Waals surface area (Å²) in [6.07, 6.45) is 3.22. The number of aryl methyl sites for hydroxylation is 1. The number of carboxylic acid groups (broad SMARTS) is 1.